The van der Waals surface area contributed by atoms with Gasteiger partial charge in [-0.05, 0) is 18.9 Å². The first-order valence-corrected chi connectivity index (χ1v) is 9.55. The lowest BCUT2D eigenvalue weighted by molar-refractivity contribution is -0.140. The molecule has 3 heteroatoms. The maximum Gasteiger partial charge on any atom is 0.320 e. The fourth-order valence-electron chi connectivity index (χ4n) is 2.83. The minimum atomic E-state index is -0.728. The molecule has 0 fully saturated rings. The van der Waals surface area contributed by atoms with Crippen LogP contribution in [0, 0.1) is 5.92 Å². The fourth-order valence-corrected chi connectivity index (χ4v) is 2.83. The quantitative estimate of drug-likeness (QED) is 0.376. The van der Waals surface area contributed by atoms with Gasteiger partial charge in [-0.1, -0.05) is 91.4 Å². The van der Waals surface area contributed by atoms with E-state index in [1.165, 1.54) is 70.6 Å². The van der Waals surface area contributed by atoms with Gasteiger partial charge in [0.2, 0.25) is 0 Å². The lowest BCUT2D eigenvalue weighted by Crippen LogP contribution is -2.41. The van der Waals surface area contributed by atoms with Gasteiger partial charge >= 0.3 is 5.97 Å². The van der Waals surface area contributed by atoms with Crippen LogP contribution in [0.15, 0.2) is 0 Å². The van der Waals surface area contributed by atoms with Crippen LogP contribution in [-0.4, -0.2) is 23.7 Å². The molecule has 132 valence electrons. The van der Waals surface area contributed by atoms with E-state index in [4.69, 9.17) is 5.11 Å². The predicted octanol–water partition coefficient (Wildman–Crippen LogP) is 5.39. The van der Waals surface area contributed by atoms with Gasteiger partial charge in [-0.15, -0.1) is 0 Å². The van der Waals surface area contributed by atoms with Crippen molar-refractivity contribution in [1.82, 2.24) is 5.32 Å². The van der Waals surface area contributed by atoms with Crippen molar-refractivity contribution in [2.45, 2.75) is 104 Å². The predicted molar refractivity (Wildman–Crippen MR) is 95.3 cm³/mol. The summed E-state index contributed by atoms with van der Waals surface area (Å²) < 4.78 is 0. The molecule has 0 unspecified atom stereocenters. The summed E-state index contributed by atoms with van der Waals surface area (Å²) in [7, 11) is 0. The summed E-state index contributed by atoms with van der Waals surface area (Å²) in [6, 6.07) is -0.396. The average Bonchev–Trinajstić information content (AvgIpc) is 2.46. The number of nitrogens with one attached hydrogen (secondary N) is 1. The highest BCUT2D eigenvalue weighted by molar-refractivity contribution is 5.73. The number of unbranched alkanes of at least 4 members (excludes halogenated alkanes) is 11. The molecule has 0 heterocycles. The Morgan fingerprint density at radius 1 is 0.818 bits per heavy atom. The molecule has 0 aromatic heterocycles. The lowest BCUT2D eigenvalue weighted by Gasteiger charge is -2.17. The van der Waals surface area contributed by atoms with Crippen LogP contribution in [0.25, 0.3) is 0 Å². The second-order valence-corrected chi connectivity index (χ2v) is 6.90. The smallest absolute Gasteiger partial charge is 0.320 e. The number of aliphatic carboxylic acids is 1. The number of carboxylic acid groups (broad SMARTS) is 1. The Kier molecular flexibility index (Phi) is 14.9. The zero-order valence-corrected chi connectivity index (χ0v) is 15.2. The van der Waals surface area contributed by atoms with Crippen LogP contribution in [0.3, 0.4) is 0 Å². The van der Waals surface area contributed by atoms with E-state index in [1.807, 2.05) is 13.8 Å². The molecule has 0 amide bonds. The molecule has 0 aliphatic rings. The molecule has 2 N–H and O–H groups in total. The monoisotopic (exact) mass is 313 g/mol. The summed E-state index contributed by atoms with van der Waals surface area (Å²) in [5.74, 6) is -0.580. The van der Waals surface area contributed by atoms with Gasteiger partial charge in [0.1, 0.15) is 6.04 Å². The highest BCUT2D eigenvalue weighted by atomic mass is 16.4. The first-order valence-electron chi connectivity index (χ1n) is 9.55. The Morgan fingerprint density at radius 2 is 1.23 bits per heavy atom. The maximum absolute atomic E-state index is 11.0. The third-order valence-corrected chi connectivity index (χ3v) is 4.33. The van der Waals surface area contributed by atoms with Crippen molar-refractivity contribution in [2.24, 2.45) is 5.92 Å². The van der Waals surface area contributed by atoms with Crippen molar-refractivity contribution in [3.05, 3.63) is 0 Å². The first kappa shape index (κ1) is 21.4. The zero-order chi connectivity index (χ0) is 16.6. The summed E-state index contributed by atoms with van der Waals surface area (Å²) in [5.41, 5.74) is 0. The molecule has 0 bridgehead atoms. The van der Waals surface area contributed by atoms with Gasteiger partial charge in [0.05, 0.1) is 0 Å². The number of rotatable bonds is 16. The second-order valence-electron chi connectivity index (χ2n) is 6.90. The Labute approximate surface area is 138 Å². The van der Waals surface area contributed by atoms with Crippen LogP contribution < -0.4 is 5.32 Å². The van der Waals surface area contributed by atoms with Gasteiger partial charge in [-0.25, -0.2) is 0 Å². The Hall–Kier alpha value is -0.570. The number of carbonyl (C=O) groups is 1. The van der Waals surface area contributed by atoms with E-state index in [2.05, 4.69) is 12.2 Å². The Bertz CT molecular complexity index is 254. The Balaban J connectivity index is 3.25. The van der Waals surface area contributed by atoms with Crippen molar-refractivity contribution < 1.29 is 9.90 Å². The maximum atomic E-state index is 11.0. The molecular weight excluding hydrogens is 274 g/mol. The van der Waals surface area contributed by atoms with Crippen LogP contribution in [0.1, 0.15) is 97.8 Å². The molecule has 0 spiro atoms. The van der Waals surface area contributed by atoms with Gasteiger partial charge in [-0.2, -0.15) is 0 Å². The first-order chi connectivity index (χ1) is 10.6. The topological polar surface area (TPSA) is 49.3 Å². The van der Waals surface area contributed by atoms with E-state index in [-0.39, 0.29) is 5.92 Å². The summed E-state index contributed by atoms with van der Waals surface area (Å²) in [6.45, 7) is 6.99. The number of carboxylic acids is 1. The molecule has 0 saturated carbocycles. The molecule has 0 aromatic carbocycles. The molecule has 0 saturated heterocycles. The van der Waals surface area contributed by atoms with Crippen LogP contribution in [0.5, 0.6) is 0 Å². The third-order valence-electron chi connectivity index (χ3n) is 4.33. The molecule has 0 aromatic rings. The lowest BCUT2D eigenvalue weighted by atomic mass is 10.0. The van der Waals surface area contributed by atoms with Gasteiger partial charge in [0, 0.05) is 0 Å². The largest absolute Gasteiger partial charge is 0.480 e. The molecule has 22 heavy (non-hydrogen) atoms. The fraction of sp³-hybridized carbons (Fsp3) is 0.947. The van der Waals surface area contributed by atoms with Gasteiger partial charge in [0.15, 0.2) is 0 Å². The van der Waals surface area contributed by atoms with E-state index in [0.717, 1.165) is 13.0 Å². The van der Waals surface area contributed by atoms with Gasteiger partial charge < -0.3 is 10.4 Å². The molecule has 0 aliphatic heterocycles. The van der Waals surface area contributed by atoms with Crippen molar-refractivity contribution in [3.8, 4) is 0 Å². The standard InChI is InChI=1S/C19H39NO2/c1-4-5-6-7-8-9-10-11-12-13-14-15-16-20-18(17(2)3)19(21)22/h17-18,20H,4-16H2,1-3H3,(H,21,22)/t18-/m1/s1. The molecular formula is C19H39NO2. The van der Waals surface area contributed by atoms with Crippen LogP contribution in [0.4, 0.5) is 0 Å². The summed E-state index contributed by atoms with van der Waals surface area (Å²) >= 11 is 0. The van der Waals surface area contributed by atoms with Gasteiger partial charge in [0.25, 0.3) is 0 Å². The molecule has 0 radical (unpaired) electrons. The normalized spacial score (nSPS) is 12.7. The summed E-state index contributed by atoms with van der Waals surface area (Å²) in [5, 5.41) is 12.2. The summed E-state index contributed by atoms with van der Waals surface area (Å²) in [6.07, 6.45) is 16.1. The SMILES string of the molecule is CCCCCCCCCCCCCCN[C@@H](C(=O)O)C(C)C. The molecule has 0 rings (SSSR count). The van der Waals surface area contributed by atoms with E-state index >= 15 is 0 Å². The minimum Gasteiger partial charge on any atom is -0.480 e. The molecule has 3 nitrogen and oxygen atoms in total. The summed E-state index contributed by atoms with van der Waals surface area (Å²) in [4.78, 5) is 11.0. The molecule has 0 aliphatic carbocycles. The van der Waals surface area contributed by atoms with Crippen LogP contribution in [0.2, 0.25) is 0 Å². The van der Waals surface area contributed by atoms with Crippen LogP contribution in [-0.2, 0) is 4.79 Å². The van der Waals surface area contributed by atoms with Crippen molar-refractivity contribution >= 4 is 5.97 Å². The third kappa shape index (κ3) is 13.1. The van der Waals surface area contributed by atoms with Crippen LogP contribution >= 0.6 is 0 Å². The highest BCUT2D eigenvalue weighted by Crippen LogP contribution is 2.11. The average molecular weight is 314 g/mol. The highest BCUT2D eigenvalue weighted by Gasteiger charge is 2.19. The second kappa shape index (κ2) is 15.3. The van der Waals surface area contributed by atoms with E-state index in [1.54, 1.807) is 0 Å². The van der Waals surface area contributed by atoms with Crippen molar-refractivity contribution in [2.75, 3.05) is 6.54 Å². The number of hydrogen-bond acceptors (Lipinski definition) is 2. The van der Waals surface area contributed by atoms with Gasteiger partial charge in [-0.3, -0.25) is 4.79 Å². The van der Waals surface area contributed by atoms with E-state index in [0.29, 0.717) is 0 Å². The molecule has 1 atom stereocenters. The zero-order valence-electron chi connectivity index (χ0n) is 15.2. The van der Waals surface area contributed by atoms with E-state index in [9.17, 15) is 4.79 Å². The number of hydrogen-bond donors (Lipinski definition) is 2. The minimum absolute atomic E-state index is 0.148. The Morgan fingerprint density at radius 3 is 1.59 bits per heavy atom. The van der Waals surface area contributed by atoms with Crippen molar-refractivity contribution in [1.29, 1.82) is 0 Å². The van der Waals surface area contributed by atoms with Crippen molar-refractivity contribution in [3.63, 3.8) is 0 Å². The van der Waals surface area contributed by atoms with E-state index < -0.39 is 12.0 Å².